The van der Waals surface area contributed by atoms with Gasteiger partial charge in [0.1, 0.15) is 10.7 Å². The van der Waals surface area contributed by atoms with E-state index >= 15 is 0 Å². The van der Waals surface area contributed by atoms with Crippen LogP contribution in [0.4, 0.5) is 10.7 Å². The van der Waals surface area contributed by atoms with Crippen LogP contribution in [0.2, 0.25) is 0 Å². The van der Waals surface area contributed by atoms with Gasteiger partial charge in [0, 0.05) is 45.1 Å². The van der Waals surface area contributed by atoms with Crippen LogP contribution in [0.25, 0.3) is 6.08 Å². The maximum atomic E-state index is 13.6. The molecule has 0 radical (unpaired) electrons. The molecule has 5 aromatic rings. The number of hydrogen-bond donors (Lipinski definition) is 3. The molecule has 1 atom stereocenters. The molecule has 0 aliphatic carbocycles. The molecule has 12 heteroatoms. The van der Waals surface area contributed by atoms with Crippen LogP contribution in [0, 0.1) is 0 Å². The van der Waals surface area contributed by atoms with Crippen LogP contribution in [0.3, 0.4) is 0 Å². The van der Waals surface area contributed by atoms with Gasteiger partial charge >= 0.3 is 5.97 Å². The van der Waals surface area contributed by atoms with Crippen molar-refractivity contribution in [2.45, 2.75) is 36.6 Å². The number of methoxy groups -OCH3 is 1. The third kappa shape index (κ3) is 9.91. The number of amides is 3. The number of halogens is 1. The molecule has 3 amide bonds. The number of thioether (sulfide) groups is 1. The van der Waals surface area contributed by atoms with Crippen molar-refractivity contribution in [2.75, 3.05) is 24.3 Å². The van der Waals surface area contributed by atoms with Crippen molar-refractivity contribution in [1.29, 1.82) is 0 Å². The first-order valence-corrected chi connectivity index (χ1v) is 19.4. The van der Waals surface area contributed by atoms with E-state index in [1.54, 1.807) is 55.5 Å². The molecule has 2 heterocycles. The van der Waals surface area contributed by atoms with Crippen molar-refractivity contribution in [2.24, 2.45) is 0 Å². The van der Waals surface area contributed by atoms with Gasteiger partial charge in [0.15, 0.2) is 0 Å². The summed E-state index contributed by atoms with van der Waals surface area (Å²) in [5, 5.41) is 8.60. The van der Waals surface area contributed by atoms with Gasteiger partial charge in [-0.1, -0.05) is 82.7 Å². The van der Waals surface area contributed by atoms with Crippen LogP contribution in [0.1, 0.15) is 49.2 Å². The molecule has 6 rings (SSSR count). The molecule has 1 aliphatic heterocycles. The number of hydrogen-bond acceptors (Lipinski definition) is 8. The second-order valence-corrected chi connectivity index (χ2v) is 15.7. The summed E-state index contributed by atoms with van der Waals surface area (Å²) in [6.07, 6.45) is 2.29. The van der Waals surface area contributed by atoms with E-state index in [4.69, 9.17) is 4.74 Å². The second kappa shape index (κ2) is 17.7. The van der Waals surface area contributed by atoms with Gasteiger partial charge < -0.3 is 20.7 Å². The zero-order valence-electron chi connectivity index (χ0n) is 29.1. The fourth-order valence-electron chi connectivity index (χ4n) is 5.86. The largest absolute Gasteiger partial charge is 0.465 e. The number of rotatable bonds is 12. The molecular formula is C41H37BrN4O5S2. The molecule has 1 aromatic heterocycles. The summed E-state index contributed by atoms with van der Waals surface area (Å²) in [5.74, 6) is -1.66. The van der Waals surface area contributed by atoms with Crippen molar-refractivity contribution < 1.29 is 23.9 Å². The van der Waals surface area contributed by atoms with E-state index in [2.05, 4.69) is 48.9 Å². The molecule has 0 spiro atoms. The van der Waals surface area contributed by atoms with Gasteiger partial charge in [-0.15, -0.1) is 23.1 Å². The number of fused-ring (bicyclic) bond motifs is 1. The van der Waals surface area contributed by atoms with E-state index in [1.165, 1.54) is 35.8 Å². The Morgan fingerprint density at radius 2 is 1.66 bits per heavy atom. The standard InChI is InChI=1S/C41H37BrN4O5S2/c1-26(37(47)45-40-36(41(50)51-2)33-19-20-46(25-35(33)53-40)24-27-11-5-3-6-12-27)52-32-18-10-17-31(23-32)43-39(49)34(22-28-13-9-16-30(42)21-28)44-38(48)29-14-7-4-8-15-29/h3-18,21-23,26H,19-20,24-25H2,1-2H3,(H,43,49)(H,44,48)(H,45,47)/b34-22+. The van der Waals surface area contributed by atoms with Crippen LogP contribution in [0.5, 0.6) is 0 Å². The number of anilines is 2. The second-order valence-electron chi connectivity index (χ2n) is 12.3. The summed E-state index contributed by atoms with van der Waals surface area (Å²) >= 11 is 6.19. The normalized spacial score (nSPS) is 13.4. The minimum atomic E-state index is -0.544. The Labute approximate surface area is 325 Å². The number of benzene rings is 4. The molecule has 270 valence electrons. The van der Waals surface area contributed by atoms with E-state index in [-0.39, 0.29) is 11.6 Å². The van der Waals surface area contributed by atoms with Gasteiger partial charge in [0.25, 0.3) is 11.8 Å². The Hall–Kier alpha value is -5.01. The summed E-state index contributed by atoms with van der Waals surface area (Å²) in [6.45, 7) is 4.05. The highest BCUT2D eigenvalue weighted by Gasteiger charge is 2.30. The quantitative estimate of drug-likeness (QED) is 0.0659. The zero-order valence-corrected chi connectivity index (χ0v) is 32.3. The third-order valence-corrected chi connectivity index (χ3v) is 11.2. The Balaban J connectivity index is 1.13. The third-order valence-electron chi connectivity index (χ3n) is 8.47. The number of nitrogens with zero attached hydrogens (tertiary/aromatic N) is 1. The lowest BCUT2D eigenvalue weighted by Crippen LogP contribution is -2.30. The average molecular weight is 810 g/mol. The molecule has 1 aliphatic rings. The van der Waals surface area contributed by atoms with Crippen LogP contribution >= 0.6 is 39.0 Å². The first-order valence-electron chi connectivity index (χ1n) is 16.9. The van der Waals surface area contributed by atoms with Gasteiger partial charge in [-0.3, -0.25) is 19.3 Å². The molecule has 3 N–H and O–H groups in total. The minimum absolute atomic E-state index is 0.0611. The smallest absolute Gasteiger partial charge is 0.341 e. The van der Waals surface area contributed by atoms with Crippen LogP contribution in [-0.2, 0) is 33.8 Å². The first-order chi connectivity index (χ1) is 25.7. The van der Waals surface area contributed by atoms with Gasteiger partial charge in [-0.25, -0.2) is 4.79 Å². The van der Waals surface area contributed by atoms with E-state index in [0.717, 1.165) is 32.9 Å². The lowest BCUT2D eigenvalue weighted by Gasteiger charge is -2.27. The predicted octanol–water partition coefficient (Wildman–Crippen LogP) is 8.38. The summed E-state index contributed by atoms with van der Waals surface area (Å²) in [7, 11) is 1.35. The van der Waals surface area contributed by atoms with Crippen molar-refractivity contribution in [1.82, 2.24) is 10.2 Å². The summed E-state index contributed by atoms with van der Waals surface area (Å²) < 4.78 is 5.97. The van der Waals surface area contributed by atoms with Gasteiger partial charge in [0.05, 0.1) is 17.9 Å². The molecule has 0 fully saturated rings. The summed E-state index contributed by atoms with van der Waals surface area (Å²) in [4.78, 5) is 57.3. The van der Waals surface area contributed by atoms with E-state index < -0.39 is 23.0 Å². The Kier molecular flexibility index (Phi) is 12.6. The van der Waals surface area contributed by atoms with Gasteiger partial charge in [-0.05, 0) is 78.6 Å². The highest BCUT2D eigenvalue weighted by atomic mass is 79.9. The molecule has 1 unspecified atom stereocenters. The monoisotopic (exact) mass is 808 g/mol. The highest BCUT2D eigenvalue weighted by Crippen LogP contribution is 2.38. The highest BCUT2D eigenvalue weighted by molar-refractivity contribution is 9.10. The van der Waals surface area contributed by atoms with Crippen molar-refractivity contribution >= 4 is 79.5 Å². The molecular weight excluding hydrogens is 773 g/mol. The van der Waals surface area contributed by atoms with Gasteiger partial charge in [-0.2, -0.15) is 0 Å². The van der Waals surface area contributed by atoms with E-state index in [1.807, 2.05) is 54.6 Å². The van der Waals surface area contributed by atoms with Gasteiger partial charge in [0.2, 0.25) is 5.91 Å². The number of carbonyl (C=O) groups is 4. The lowest BCUT2D eigenvalue weighted by atomic mass is 10.0. The molecule has 0 saturated heterocycles. The maximum absolute atomic E-state index is 13.6. The first kappa shape index (κ1) is 37.7. The number of esters is 1. The van der Waals surface area contributed by atoms with Crippen LogP contribution in [0.15, 0.2) is 124 Å². The van der Waals surface area contributed by atoms with Crippen molar-refractivity contribution in [3.05, 3.63) is 152 Å². The number of carbonyl (C=O) groups excluding carboxylic acids is 4. The SMILES string of the molecule is COC(=O)c1c(NC(=O)C(C)Sc2cccc(NC(=O)/C(=C\c3cccc(Br)c3)NC(=O)c3ccccc3)c2)sc2c1CCN(Cc1ccccc1)C2. The summed E-state index contributed by atoms with van der Waals surface area (Å²) in [5.41, 5.74) is 4.25. The topological polar surface area (TPSA) is 117 Å². The molecule has 4 aromatic carbocycles. The fourth-order valence-corrected chi connectivity index (χ4v) is 8.49. The maximum Gasteiger partial charge on any atom is 0.341 e. The number of nitrogens with one attached hydrogen (secondary N) is 3. The minimum Gasteiger partial charge on any atom is -0.465 e. The Morgan fingerprint density at radius 1 is 0.925 bits per heavy atom. The average Bonchev–Trinajstić information content (AvgIpc) is 3.52. The van der Waals surface area contributed by atoms with Crippen molar-refractivity contribution in [3.8, 4) is 0 Å². The molecule has 0 saturated carbocycles. The Bertz CT molecular complexity index is 2160. The van der Waals surface area contributed by atoms with Crippen LogP contribution in [-0.4, -0.2) is 47.5 Å². The lowest BCUT2D eigenvalue weighted by molar-refractivity contribution is -0.115. The van der Waals surface area contributed by atoms with E-state index in [0.29, 0.717) is 40.3 Å². The van der Waals surface area contributed by atoms with Crippen molar-refractivity contribution in [3.63, 3.8) is 0 Å². The fraction of sp³-hybridized carbons (Fsp3) is 0.171. The summed E-state index contributed by atoms with van der Waals surface area (Å²) in [6, 6.07) is 33.4. The molecule has 0 bridgehead atoms. The number of ether oxygens (including phenoxy) is 1. The number of thiophene rings is 1. The predicted molar refractivity (Wildman–Crippen MR) is 215 cm³/mol. The Morgan fingerprint density at radius 3 is 2.40 bits per heavy atom. The van der Waals surface area contributed by atoms with E-state index in [9.17, 15) is 19.2 Å². The molecule has 53 heavy (non-hydrogen) atoms. The molecule has 9 nitrogen and oxygen atoms in total. The van der Waals surface area contributed by atoms with Crippen LogP contribution < -0.4 is 16.0 Å². The zero-order chi connectivity index (χ0) is 37.3.